The number of hydrogen-bond acceptors (Lipinski definition) is 8. The Morgan fingerprint density at radius 1 is 1.12 bits per heavy atom. The van der Waals surface area contributed by atoms with Crippen LogP contribution in [0.3, 0.4) is 0 Å². The smallest absolute Gasteiger partial charge is 0.410 e. The maximum absolute atomic E-state index is 12.9. The van der Waals surface area contributed by atoms with Gasteiger partial charge in [-0.3, -0.25) is 9.78 Å². The second-order valence-corrected chi connectivity index (χ2v) is 8.10. The number of fused-ring (bicyclic) bond motifs is 2. The summed E-state index contributed by atoms with van der Waals surface area (Å²) in [5.74, 6) is -0.982. The van der Waals surface area contributed by atoms with Crippen molar-refractivity contribution in [3.8, 4) is 0 Å². The van der Waals surface area contributed by atoms with Crippen LogP contribution in [0, 0.1) is 0 Å². The van der Waals surface area contributed by atoms with Crippen LogP contribution in [0.25, 0.3) is 11.0 Å². The average molecular weight is 455 g/mol. The van der Waals surface area contributed by atoms with Crippen LogP contribution in [-0.4, -0.2) is 52.6 Å². The molecule has 0 atom stereocenters. The molecule has 3 aromatic rings. The Bertz CT molecular complexity index is 1190. The zero-order chi connectivity index (χ0) is 22.7. The summed E-state index contributed by atoms with van der Waals surface area (Å²) in [5, 5.41) is 3.17. The van der Waals surface area contributed by atoms with Crippen molar-refractivity contribution in [2.75, 3.05) is 25.1 Å². The zero-order valence-electron chi connectivity index (χ0n) is 17.7. The van der Waals surface area contributed by atoms with E-state index in [0.717, 1.165) is 10.4 Å². The van der Waals surface area contributed by atoms with E-state index in [1.54, 1.807) is 24.8 Å². The van der Waals surface area contributed by atoms with Crippen molar-refractivity contribution in [1.82, 2.24) is 14.9 Å². The maximum Gasteiger partial charge on any atom is 0.410 e. The largest absolute Gasteiger partial charge is 0.462 e. The number of thiophene rings is 1. The van der Waals surface area contributed by atoms with E-state index in [0.29, 0.717) is 41.1 Å². The van der Waals surface area contributed by atoms with Gasteiger partial charge in [-0.2, -0.15) is 0 Å². The molecule has 0 radical (unpaired) electrons. The number of ether oxygens (including phenoxy) is 2. The van der Waals surface area contributed by atoms with Crippen molar-refractivity contribution < 1.29 is 23.9 Å². The molecule has 32 heavy (non-hydrogen) atoms. The molecule has 1 aliphatic heterocycles. The molecule has 0 saturated carbocycles. The van der Waals surface area contributed by atoms with Gasteiger partial charge in [0.1, 0.15) is 10.7 Å². The molecule has 0 spiro atoms. The molecule has 3 heterocycles. The number of esters is 1. The molecule has 0 saturated heterocycles. The topological polar surface area (TPSA) is 111 Å². The quantitative estimate of drug-likeness (QED) is 0.586. The molecular formula is C22H22N4O5S. The highest BCUT2D eigenvalue weighted by Gasteiger charge is 2.31. The third-order valence-corrected chi connectivity index (χ3v) is 6.10. The summed E-state index contributed by atoms with van der Waals surface area (Å²) in [6, 6.07) is 7.25. The Balaban J connectivity index is 1.64. The van der Waals surface area contributed by atoms with E-state index >= 15 is 0 Å². The summed E-state index contributed by atoms with van der Waals surface area (Å²) in [7, 11) is 0. The van der Waals surface area contributed by atoms with E-state index in [1.807, 2.05) is 18.2 Å². The van der Waals surface area contributed by atoms with Crippen LogP contribution in [0.1, 0.15) is 45.1 Å². The summed E-state index contributed by atoms with van der Waals surface area (Å²) >= 11 is 1.25. The number of nitrogens with one attached hydrogen (secondary N) is 1. The van der Waals surface area contributed by atoms with Crippen LogP contribution in [0.4, 0.5) is 9.80 Å². The molecular weight excluding hydrogens is 432 g/mol. The Morgan fingerprint density at radius 3 is 2.62 bits per heavy atom. The standard InChI is InChI=1S/C22H22N4O5S/c1-3-30-21(28)18-13-9-10-26(22(29)31-4-2)12-17(13)32-20(18)25-19(27)16-11-23-14-7-5-6-8-15(14)24-16/h5-8,11H,3-4,9-10,12H2,1-2H3,(H,25,27). The Kier molecular flexibility index (Phi) is 6.31. The van der Waals surface area contributed by atoms with E-state index in [2.05, 4.69) is 15.3 Å². The molecule has 1 aromatic carbocycles. The molecule has 0 unspecified atom stereocenters. The minimum Gasteiger partial charge on any atom is -0.462 e. The average Bonchev–Trinajstić information content (AvgIpc) is 3.16. The Morgan fingerprint density at radius 2 is 1.88 bits per heavy atom. The van der Waals surface area contributed by atoms with E-state index in [-0.39, 0.29) is 18.9 Å². The van der Waals surface area contributed by atoms with E-state index in [1.165, 1.54) is 17.5 Å². The predicted octanol–water partition coefficient (Wildman–Crippen LogP) is 3.63. The van der Waals surface area contributed by atoms with Gasteiger partial charge in [0.25, 0.3) is 5.91 Å². The molecule has 0 aliphatic carbocycles. The van der Waals surface area contributed by atoms with Gasteiger partial charge in [-0.15, -0.1) is 11.3 Å². The number of para-hydroxylation sites is 2. The SMILES string of the molecule is CCOC(=O)c1c(NC(=O)c2cnc3ccccc3n2)sc2c1CCN(C(=O)OCC)C2. The lowest BCUT2D eigenvalue weighted by Crippen LogP contribution is -2.36. The molecule has 1 aliphatic rings. The fourth-order valence-corrected chi connectivity index (χ4v) is 4.76. The number of aromatic nitrogens is 2. The molecule has 4 rings (SSSR count). The van der Waals surface area contributed by atoms with Gasteiger partial charge in [0.15, 0.2) is 0 Å². The van der Waals surface area contributed by atoms with E-state index in [9.17, 15) is 14.4 Å². The highest BCUT2D eigenvalue weighted by molar-refractivity contribution is 7.17. The first-order chi connectivity index (χ1) is 15.5. The van der Waals surface area contributed by atoms with Crippen LogP contribution in [0.2, 0.25) is 0 Å². The number of hydrogen-bond donors (Lipinski definition) is 1. The van der Waals surface area contributed by atoms with Gasteiger partial charge in [0.05, 0.1) is 42.6 Å². The summed E-state index contributed by atoms with van der Waals surface area (Å²) in [6.07, 6.45) is 1.46. The Labute approximate surface area is 188 Å². The lowest BCUT2D eigenvalue weighted by molar-refractivity contribution is 0.0526. The molecule has 2 amide bonds. The first-order valence-corrected chi connectivity index (χ1v) is 11.1. The minimum atomic E-state index is -0.505. The van der Waals surface area contributed by atoms with Gasteiger partial charge >= 0.3 is 12.1 Å². The lowest BCUT2D eigenvalue weighted by atomic mass is 10.0. The summed E-state index contributed by atoms with van der Waals surface area (Å²) in [4.78, 5) is 48.8. The van der Waals surface area contributed by atoms with Crippen molar-refractivity contribution in [2.24, 2.45) is 0 Å². The molecule has 1 N–H and O–H groups in total. The summed E-state index contributed by atoms with van der Waals surface area (Å²) in [5.41, 5.74) is 2.53. The van der Waals surface area contributed by atoms with Gasteiger partial charge in [0.2, 0.25) is 0 Å². The number of carbonyl (C=O) groups excluding carboxylic acids is 3. The number of carbonyl (C=O) groups is 3. The van der Waals surface area contributed by atoms with Crippen LogP contribution in [0.5, 0.6) is 0 Å². The van der Waals surface area contributed by atoms with E-state index in [4.69, 9.17) is 9.47 Å². The maximum atomic E-state index is 12.9. The number of rotatable bonds is 5. The molecule has 166 valence electrons. The van der Waals surface area contributed by atoms with Crippen molar-refractivity contribution >= 4 is 45.3 Å². The second-order valence-electron chi connectivity index (χ2n) is 7.00. The molecule has 9 nitrogen and oxygen atoms in total. The van der Waals surface area contributed by atoms with Crippen molar-refractivity contribution in [1.29, 1.82) is 0 Å². The number of nitrogens with zero attached hydrogens (tertiary/aromatic N) is 3. The third kappa shape index (κ3) is 4.26. The fourth-order valence-electron chi connectivity index (χ4n) is 3.52. The normalized spacial score (nSPS) is 12.9. The number of benzene rings is 1. The van der Waals surface area contributed by atoms with Crippen LogP contribution in [0.15, 0.2) is 30.5 Å². The first-order valence-electron chi connectivity index (χ1n) is 10.3. The van der Waals surface area contributed by atoms with Gasteiger partial charge in [-0.1, -0.05) is 12.1 Å². The predicted molar refractivity (Wildman–Crippen MR) is 119 cm³/mol. The molecule has 2 aromatic heterocycles. The van der Waals surface area contributed by atoms with Crippen molar-refractivity contribution in [3.63, 3.8) is 0 Å². The third-order valence-electron chi connectivity index (χ3n) is 4.97. The molecule has 0 fully saturated rings. The summed E-state index contributed by atoms with van der Waals surface area (Å²) < 4.78 is 10.3. The first kappa shape index (κ1) is 21.7. The highest BCUT2D eigenvalue weighted by Crippen LogP contribution is 2.38. The van der Waals surface area contributed by atoms with Gasteiger partial charge in [0, 0.05) is 11.4 Å². The van der Waals surface area contributed by atoms with Crippen LogP contribution < -0.4 is 5.32 Å². The summed E-state index contributed by atoms with van der Waals surface area (Å²) in [6.45, 7) is 4.69. The van der Waals surface area contributed by atoms with Gasteiger partial charge in [-0.05, 0) is 38.0 Å². The van der Waals surface area contributed by atoms with Crippen LogP contribution >= 0.6 is 11.3 Å². The van der Waals surface area contributed by atoms with E-state index < -0.39 is 18.0 Å². The number of anilines is 1. The fraction of sp³-hybridized carbons (Fsp3) is 0.318. The second kappa shape index (κ2) is 9.31. The zero-order valence-corrected chi connectivity index (χ0v) is 18.5. The molecule has 10 heteroatoms. The highest BCUT2D eigenvalue weighted by atomic mass is 32.1. The van der Waals surface area contributed by atoms with Crippen LogP contribution in [-0.2, 0) is 22.4 Å². The Hall–Kier alpha value is -3.53. The minimum absolute atomic E-state index is 0.137. The van der Waals surface area contributed by atoms with Gasteiger partial charge < -0.3 is 19.7 Å². The van der Waals surface area contributed by atoms with Gasteiger partial charge in [-0.25, -0.2) is 14.6 Å². The van der Waals surface area contributed by atoms with Crippen molar-refractivity contribution in [2.45, 2.75) is 26.8 Å². The molecule has 0 bridgehead atoms. The van der Waals surface area contributed by atoms with Crippen molar-refractivity contribution in [3.05, 3.63) is 52.2 Å². The monoisotopic (exact) mass is 454 g/mol. The number of amides is 2. The lowest BCUT2D eigenvalue weighted by Gasteiger charge is -2.26.